The Morgan fingerprint density at radius 1 is 1.15 bits per heavy atom. The molecule has 3 N–H and O–H groups in total. The number of esters is 1. The molecule has 4 fully saturated rings. The van der Waals surface area contributed by atoms with Crippen molar-refractivity contribution in [3.05, 3.63) is 11.6 Å². The standard InChI is InChI=1S/C27H40O7/c1-5-6-7-8-9-10-16-20-15(3)21(29)27(32)24-25(4)17(14(2)11-18(28)22(25)30)12-19(34-23(16)31)26(20,24)13-33-27/h11,15-17,19-22,24,29-30,32H,5-10,12-13H2,1-4H3/t15-,16-,17+,19-,20-,21-,22-,24-,25-,26+,27-/m1/s1. The lowest BCUT2D eigenvalue weighted by Crippen LogP contribution is -2.77. The van der Waals surface area contributed by atoms with E-state index in [0.29, 0.717) is 12.8 Å². The lowest BCUT2D eigenvalue weighted by molar-refractivity contribution is -0.337. The number of allylic oxidation sites excluding steroid dienone is 1. The Bertz CT molecular complexity index is 899. The number of aliphatic hydroxyl groups is 3. The molecule has 2 aliphatic heterocycles. The lowest BCUT2D eigenvalue weighted by atomic mass is 9.37. The molecule has 34 heavy (non-hydrogen) atoms. The second-order valence-corrected chi connectivity index (χ2v) is 12.0. The van der Waals surface area contributed by atoms with Gasteiger partial charge in [-0.05, 0) is 43.6 Å². The van der Waals surface area contributed by atoms with Crippen molar-refractivity contribution in [2.75, 3.05) is 6.61 Å². The Labute approximate surface area is 201 Å². The molecule has 0 aromatic heterocycles. The highest BCUT2D eigenvalue weighted by Crippen LogP contribution is 2.74. The molecular formula is C27H40O7. The van der Waals surface area contributed by atoms with Gasteiger partial charge in [-0.3, -0.25) is 9.59 Å². The van der Waals surface area contributed by atoms with Crippen LogP contribution in [0.4, 0.5) is 0 Å². The van der Waals surface area contributed by atoms with Gasteiger partial charge >= 0.3 is 5.97 Å². The van der Waals surface area contributed by atoms with Crippen LogP contribution in [0.15, 0.2) is 11.6 Å². The molecular weight excluding hydrogens is 436 g/mol. The number of carbonyl (C=O) groups excluding carboxylic acids is 2. The fourth-order valence-electron chi connectivity index (χ4n) is 9.08. The number of ether oxygens (including phenoxy) is 2. The van der Waals surface area contributed by atoms with Crippen molar-refractivity contribution in [3.8, 4) is 0 Å². The summed E-state index contributed by atoms with van der Waals surface area (Å²) in [6.45, 7) is 7.93. The Balaban J connectivity index is 1.60. The molecule has 0 amide bonds. The largest absolute Gasteiger partial charge is 0.461 e. The fourth-order valence-corrected chi connectivity index (χ4v) is 9.08. The van der Waals surface area contributed by atoms with E-state index in [9.17, 15) is 24.9 Å². The number of rotatable bonds is 6. The van der Waals surface area contributed by atoms with E-state index in [1.165, 1.54) is 12.5 Å². The second kappa shape index (κ2) is 8.12. The normalized spacial score (nSPS) is 51.4. The molecule has 0 aromatic carbocycles. The molecule has 0 unspecified atom stereocenters. The summed E-state index contributed by atoms with van der Waals surface area (Å²) in [5.74, 6) is -4.53. The topological polar surface area (TPSA) is 113 Å². The number of carbonyl (C=O) groups is 2. The smallest absolute Gasteiger partial charge is 0.309 e. The summed E-state index contributed by atoms with van der Waals surface area (Å²) in [7, 11) is 0. The third-order valence-corrected chi connectivity index (χ3v) is 10.4. The molecule has 2 saturated heterocycles. The van der Waals surface area contributed by atoms with Crippen molar-refractivity contribution in [2.45, 2.75) is 96.7 Å². The predicted octanol–water partition coefficient (Wildman–Crippen LogP) is 2.75. The van der Waals surface area contributed by atoms with Crippen molar-refractivity contribution in [1.82, 2.24) is 0 Å². The minimum Gasteiger partial charge on any atom is -0.461 e. The first-order valence-electron chi connectivity index (χ1n) is 13.2. The van der Waals surface area contributed by atoms with Crippen molar-refractivity contribution in [1.29, 1.82) is 0 Å². The van der Waals surface area contributed by atoms with E-state index in [-0.39, 0.29) is 36.1 Å². The van der Waals surface area contributed by atoms with Gasteiger partial charge in [-0.15, -0.1) is 0 Å². The van der Waals surface area contributed by atoms with Gasteiger partial charge < -0.3 is 24.8 Å². The van der Waals surface area contributed by atoms with Crippen LogP contribution in [-0.2, 0) is 19.1 Å². The average molecular weight is 477 g/mol. The lowest BCUT2D eigenvalue weighted by Gasteiger charge is -2.68. The number of ketones is 1. The van der Waals surface area contributed by atoms with Crippen LogP contribution in [0, 0.1) is 40.4 Å². The first-order valence-corrected chi connectivity index (χ1v) is 13.2. The highest BCUT2D eigenvalue weighted by molar-refractivity contribution is 5.96. The summed E-state index contributed by atoms with van der Waals surface area (Å²) in [5, 5.41) is 34.6. The van der Waals surface area contributed by atoms with Crippen LogP contribution in [-0.4, -0.2) is 57.8 Å². The van der Waals surface area contributed by atoms with Gasteiger partial charge in [-0.1, -0.05) is 58.4 Å². The molecule has 5 aliphatic rings. The highest BCUT2D eigenvalue weighted by Gasteiger charge is 2.82. The number of unbranched alkanes of at least 4 members (excludes halogenated alkanes) is 4. The number of hydrogen-bond acceptors (Lipinski definition) is 7. The number of fused-ring (bicyclic) bond motifs is 1. The highest BCUT2D eigenvalue weighted by atomic mass is 16.6. The molecule has 2 saturated carbocycles. The van der Waals surface area contributed by atoms with E-state index in [0.717, 1.165) is 31.3 Å². The molecule has 11 atom stereocenters. The number of hydrogen-bond donors (Lipinski definition) is 3. The monoisotopic (exact) mass is 476 g/mol. The van der Waals surface area contributed by atoms with E-state index in [1.54, 1.807) is 0 Å². The van der Waals surface area contributed by atoms with E-state index in [2.05, 4.69) is 6.92 Å². The third kappa shape index (κ3) is 2.90. The maximum absolute atomic E-state index is 13.4. The van der Waals surface area contributed by atoms with E-state index >= 15 is 0 Å². The van der Waals surface area contributed by atoms with Crippen LogP contribution in [0.1, 0.15) is 72.6 Å². The zero-order valence-corrected chi connectivity index (χ0v) is 20.8. The minimum absolute atomic E-state index is 0.149. The molecule has 7 nitrogen and oxygen atoms in total. The molecule has 3 aliphatic carbocycles. The first-order chi connectivity index (χ1) is 16.0. The maximum Gasteiger partial charge on any atom is 0.309 e. The zero-order chi connectivity index (χ0) is 24.6. The summed E-state index contributed by atoms with van der Waals surface area (Å²) >= 11 is 0. The van der Waals surface area contributed by atoms with Crippen LogP contribution in [0.5, 0.6) is 0 Å². The van der Waals surface area contributed by atoms with Crippen molar-refractivity contribution in [3.63, 3.8) is 0 Å². The van der Waals surface area contributed by atoms with E-state index in [4.69, 9.17) is 9.47 Å². The average Bonchev–Trinajstić information content (AvgIpc) is 3.08. The Morgan fingerprint density at radius 2 is 1.85 bits per heavy atom. The Hall–Kier alpha value is -1.28. The van der Waals surface area contributed by atoms with E-state index in [1.807, 2.05) is 20.8 Å². The molecule has 0 aromatic rings. The summed E-state index contributed by atoms with van der Waals surface area (Å²) in [5.41, 5.74) is -0.971. The molecule has 0 radical (unpaired) electrons. The fraction of sp³-hybridized carbons (Fsp3) is 0.852. The molecule has 2 bridgehead atoms. The van der Waals surface area contributed by atoms with Gasteiger partial charge in [0.1, 0.15) is 18.3 Å². The van der Waals surface area contributed by atoms with E-state index < -0.39 is 46.8 Å². The van der Waals surface area contributed by atoms with Crippen LogP contribution in [0.25, 0.3) is 0 Å². The van der Waals surface area contributed by atoms with Crippen molar-refractivity contribution >= 4 is 11.8 Å². The second-order valence-electron chi connectivity index (χ2n) is 12.0. The summed E-state index contributed by atoms with van der Waals surface area (Å²) < 4.78 is 12.2. The van der Waals surface area contributed by atoms with Gasteiger partial charge in [0.05, 0.1) is 12.5 Å². The molecule has 5 rings (SSSR count). The zero-order valence-electron chi connectivity index (χ0n) is 20.8. The molecule has 2 heterocycles. The van der Waals surface area contributed by atoms with Gasteiger partial charge in [0.15, 0.2) is 11.6 Å². The van der Waals surface area contributed by atoms with Gasteiger partial charge in [-0.25, -0.2) is 0 Å². The van der Waals surface area contributed by atoms with Crippen LogP contribution >= 0.6 is 0 Å². The summed E-state index contributed by atoms with van der Waals surface area (Å²) in [6, 6.07) is 0. The molecule has 1 spiro atoms. The van der Waals surface area contributed by atoms with Gasteiger partial charge in [0.25, 0.3) is 0 Å². The number of aliphatic hydroxyl groups excluding tert-OH is 2. The van der Waals surface area contributed by atoms with Crippen LogP contribution < -0.4 is 0 Å². The Morgan fingerprint density at radius 3 is 2.56 bits per heavy atom. The van der Waals surface area contributed by atoms with Crippen LogP contribution in [0.2, 0.25) is 0 Å². The minimum atomic E-state index is -1.91. The van der Waals surface area contributed by atoms with Crippen molar-refractivity contribution in [2.24, 2.45) is 40.4 Å². The Kier molecular flexibility index (Phi) is 5.83. The van der Waals surface area contributed by atoms with Crippen molar-refractivity contribution < 1.29 is 34.4 Å². The maximum atomic E-state index is 13.4. The predicted molar refractivity (Wildman–Crippen MR) is 123 cm³/mol. The van der Waals surface area contributed by atoms with Gasteiger partial charge in [0, 0.05) is 16.7 Å². The summed E-state index contributed by atoms with van der Waals surface area (Å²) in [6.07, 6.45) is 4.98. The van der Waals surface area contributed by atoms with Gasteiger partial charge in [0.2, 0.25) is 0 Å². The SMILES string of the molecule is CCCCCCC[C@H]1C(=O)O[C@@H]2C[C@H]3C(C)=CC(=O)[C@@H](O)[C@]3(C)[C@H]3[C@]4(O)OC[C@]32[C@@H]1[C@@H](C)[C@H]4O. The third-order valence-electron chi connectivity index (χ3n) is 10.4. The first kappa shape index (κ1) is 24.4. The van der Waals surface area contributed by atoms with Crippen LogP contribution in [0.3, 0.4) is 0 Å². The quantitative estimate of drug-likeness (QED) is 0.399. The molecule has 7 heteroatoms. The van der Waals surface area contributed by atoms with Gasteiger partial charge in [-0.2, -0.15) is 0 Å². The molecule has 190 valence electrons. The summed E-state index contributed by atoms with van der Waals surface area (Å²) in [4.78, 5) is 26.2.